The van der Waals surface area contributed by atoms with Crippen LogP contribution in [-0.2, 0) is 0 Å². The summed E-state index contributed by atoms with van der Waals surface area (Å²) in [5.41, 5.74) is 8.46. The van der Waals surface area contributed by atoms with Crippen LogP contribution in [0.2, 0.25) is 0 Å². The maximum Gasteiger partial charge on any atom is 0.416 e. The predicted molar refractivity (Wildman–Crippen MR) is 141 cm³/mol. The molecule has 0 atom stereocenters. The molecule has 0 aromatic heterocycles. The fourth-order valence-corrected chi connectivity index (χ4v) is 3.70. The van der Waals surface area contributed by atoms with E-state index in [-0.39, 0.29) is 17.8 Å². The molecule has 1 aliphatic rings. The number of benzene rings is 1. The highest BCUT2D eigenvalue weighted by molar-refractivity contribution is 5.57. The normalized spacial score (nSPS) is 17.6. The summed E-state index contributed by atoms with van der Waals surface area (Å²) in [5, 5.41) is 0. The molecule has 2 rings (SSSR count). The summed E-state index contributed by atoms with van der Waals surface area (Å²) in [6.07, 6.45) is 5.30. The van der Waals surface area contributed by atoms with E-state index in [4.69, 9.17) is 5.73 Å². The monoisotopic (exact) mass is 510 g/mol. The van der Waals surface area contributed by atoms with Gasteiger partial charge < -0.3 is 10.6 Å². The number of nitrogen functional groups attached to an aromatic ring is 1. The number of alkyl halides is 4. The molecule has 36 heavy (non-hydrogen) atoms. The van der Waals surface area contributed by atoms with E-state index < -0.39 is 18.4 Å². The highest BCUT2D eigenvalue weighted by Crippen LogP contribution is 2.34. The van der Waals surface area contributed by atoms with Gasteiger partial charge >= 0.3 is 6.18 Å². The first-order valence-electron chi connectivity index (χ1n) is 12.3. The average Bonchev–Trinajstić information content (AvgIpc) is 2.84. The molecule has 0 spiro atoms. The molecule has 7 heteroatoms. The minimum absolute atomic E-state index is 0.251. The SMILES string of the molecule is C\C=C(CF)/C(=C\C(=C\CC)C(F)(F)F)C(/C=C1/CCCCN1C)=C(C)CC.Nc1ccc(F)cc1. The zero-order valence-electron chi connectivity index (χ0n) is 22.0. The first-order chi connectivity index (χ1) is 17.0. The van der Waals surface area contributed by atoms with Gasteiger partial charge in [0.2, 0.25) is 0 Å². The summed E-state index contributed by atoms with van der Waals surface area (Å²) >= 11 is 0. The van der Waals surface area contributed by atoms with Crippen LogP contribution in [0.3, 0.4) is 0 Å². The van der Waals surface area contributed by atoms with E-state index in [9.17, 15) is 22.0 Å². The predicted octanol–water partition coefficient (Wildman–Crippen LogP) is 8.86. The quantitative estimate of drug-likeness (QED) is 0.225. The van der Waals surface area contributed by atoms with Crippen LogP contribution in [0, 0.1) is 5.82 Å². The van der Waals surface area contributed by atoms with Crippen molar-refractivity contribution >= 4 is 5.69 Å². The molecule has 0 radical (unpaired) electrons. The number of anilines is 1. The van der Waals surface area contributed by atoms with Gasteiger partial charge in [0.05, 0.1) is 5.57 Å². The van der Waals surface area contributed by atoms with Crippen molar-refractivity contribution in [1.82, 2.24) is 4.90 Å². The smallest absolute Gasteiger partial charge is 0.399 e. The average molecular weight is 511 g/mol. The van der Waals surface area contributed by atoms with Gasteiger partial charge in [-0.25, -0.2) is 8.78 Å². The van der Waals surface area contributed by atoms with Gasteiger partial charge in [-0.15, -0.1) is 0 Å². The first-order valence-corrected chi connectivity index (χ1v) is 12.3. The summed E-state index contributed by atoms with van der Waals surface area (Å²) < 4.78 is 66.4. The summed E-state index contributed by atoms with van der Waals surface area (Å²) in [6, 6.07) is 5.70. The summed E-state index contributed by atoms with van der Waals surface area (Å²) in [7, 11) is 2.00. The summed E-state index contributed by atoms with van der Waals surface area (Å²) in [5.74, 6) is -0.251. The Labute approximate surface area is 212 Å². The Balaban J connectivity index is 0.000000681. The van der Waals surface area contributed by atoms with Crippen LogP contribution in [0.1, 0.15) is 59.8 Å². The second-order valence-corrected chi connectivity index (χ2v) is 8.68. The maximum absolute atomic E-state index is 13.8. The van der Waals surface area contributed by atoms with E-state index in [1.54, 1.807) is 19.9 Å². The molecule has 1 fully saturated rings. The topological polar surface area (TPSA) is 29.3 Å². The van der Waals surface area contributed by atoms with Gasteiger partial charge in [-0.2, -0.15) is 13.2 Å². The first kappa shape index (κ1) is 31.2. The number of hydrogen-bond donors (Lipinski definition) is 1. The fraction of sp³-hybridized carbons (Fsp3) is 0.448. The van der Waals surface area contributed by atoms with Crippen LogP contribution in [0.15, 0.2) is 82.1 Å². The number of nitrogens with zero attached hydrogens (tertiary/aromatic N) is 1. The zero-order valence-corrected chi connectivity index (χ0v) is 22.0. The van der Waals surface area contributed by atoms with E-state index in [1.165, 1.54) is 24.3 Å². The lowest BCUT2D eigenvalue weighted by Crippen LogP contribution is -2.23. The molecule has 1 aromatic carbocycles. The van der Waals surface area contributed by atoms with Crippen LogP contribution < -0.4 is 5.73 Å². The van der Waals surface area contributed by atoms with E-state index >= 15 is 0 Å². The Morgan fingerprint density at radius 2 is 1.75 bits per heavy atom. The Morgan fingerprint density at radius 1 is 1.11 bits per heavy atom. The van der Waals surface area contributed by atoms with E-state index in [1.807, 2.05) is 27.0 Å². The number of hydrogen-bond acceptors (Lipinski definition) is 2. The van der Waals surface area contributed by atoms with E-state index in [0.29, 0.717) is 23.3 Å². The van der Waals surface area contributed by atoms with Gasteiger partial charge in [-0.1, -0.05) is 31.6 Å². The van der Waals surface area contributed by atoms with Gasteiger partial charge in [-0.3, -0.25) is 0 Å². The number of allylic oxidation sites excluding steroid dienone is 10. The van der Waals surface area contributed by atoms with Gasteiger partial charge in [0.15, 0.2) is 0 Å². The van der Waals surface area contributed by atoms with Crippen LogP contribution >= 0.6 is 0 Å². The van der Waals surface area contributed by atoms with E-state index in [0.717, 1.165) is 49.2 Å². The second kappa shape index (κ2) is 15.3. The van der Waals surface area contributed by atoms with Crippen LogP contribution in [0.5, 0.6) is 0 Å². The Morgan fingerprint density at radius 3 is 2.19 bits per heavy atom. The van der Waals surface area contributed by atoms with Gasteiger partial charge in [0.1, 0.15) is 12.5 Å². The molecular formula is C29H39F5N2. The molecule has 1 heterocycles. The van der Waals surface area contributed by atoms with Crippen molar-refractivity contribution in [3.8, 4) is 0 Å². The number of rotatable bonds is 7. The lowest BCUT2D eigenvalue weighted by atomic mass is 9.89. The third-order valence-corrected chi connectivity index (χ3v) is 6.02. The minimum Gasteiger partial charge on any atom is -0.399 e. The number of nitrogens with two attached hydrogens (primary N) is 1. The molecule has 2 nitrogen and oxygen atoms in total. The fourth-order valence-electron chi connectivity index (χ4n) is 3.70. The molecule has 0 unspecified atom stereocenters. The molecule has 1 saturated heterocycles. The lowest BCUT2D eigenvalue weighted by Gasteiger charge is -2.29. The zero-order chi connectivity index (χ0) is 27.3. The lowest BCUT2D eigenvalue weighted by molar-refractivity contribution is -0.0884. The molecule has 0 saturated carbocycles. The van der Waals surface area contributed by atoms with Gasteiger partial charge in [-0.05, 0) is 99.1 Å². The molecule has 1 aromatic rings. The largest absolute Gasteiger partial charge is 0.416 e. The molecule has 0 amide bonds. The van der Waals surface area contributed by atoms with Crippen molar-refractivity contribution in [2.24, 2.45) is 0 Å². The number of halogens is 5. The molecule has 1 aliphatic heterocycles. The highest BCUT2D eigenvalue weighted by atomic mass is 19.4. The van der Waals surface area contributed by atoms with Gasteiger partial charge in [0, 0.05) is 25.0 Å². The van der Waals surface area contributed by atoms with E-state index in [2.05, 4.69) is 4.90 Å². The third kappa shape index (κ3) is 10.0. The van der Waals surface area contributed by atoms with Crippen molar-refractivity contribution < 1.29 is 22.0 Å². The van der Waals surface area contributed by atoms with Crippen LogP contribution in [0.4, 0.5) is 27.6 Å². The van der Waals surface area contributed by atoms with Crippen LogP contribution in [-0.4, -0.2) is 31.3 Å². The molecule has 0 bridgehead atoms. The van der Waals surface area contributed by atoms with Crippen molar-refractivity contribution in [3.05, 3.63) is 87.9 Å². The Bertz CT molecular complexity index is 959. The molecule has 2 N–H and O–H groups in total. The molecular weight excluding hydrogens is 471 g/mol. The second-order valence-electron chi connectivity index (χ2n) is 8.68. The third-order valence-electron chi connectivity index (χ3n) is 6.02. The molecule has 200 valence electrons. The minimum atomic E-state index is -4.48. The molecule has 0 aliphatic carbocycles. The number of likely N-dealkylation sites (tertiary alicyclic amines) is 1. The summed E-state index contributed by atoms with van der Waals surface area (Å²) in [4.78, 5) is 2.14. The highest BCUT2D eigenvalue weighted by Gasteiger charge is 2.32. The van der Waals surface area contributed by atoms with Crippen LogP contribution in [0.25, 0.3) is 0 Å². The van der Waals surface area contributed by atoms with Crippen molar-refractivity contribution in [2.75, 3.05) is 26.0 Å². The summed E-state index contributed by atoms with van der Waals surface area (Å²) in [6.45, 7) is 7.32. The van der Waals surface area contributed by atoms with Crippen molar-refractivity contribution in [2.45, 2.75) is 66.0 Å². The van der Waals surface area contributed by atoms with Crippen molar-refractivity contribution in [1.29, 1.82) is 0 Å². The van der Waals surface area contributed by atoms with Gasteiger partial charge in [0.25, 0.3) is 0 Å². The standard InChI is InChI=1S/C23H33F4N.C6H6FN/c1-6-11-19(23(25,26)27)14-22(18(8-3)16-24)21(17(4)7-2)15-20-12-9-10-13-28(20)5;7-5-1-3-6(8)4-2-5/h8,11,14-15H,6-7,9-10,12-13,16H2,1-5H3;1-4H,8H2/b18-8-,19-11-,20-15-,21-17?,22-14+;. The maximum atomic E-state index is 13.8. The van der Waals surface area contributed by atoms with Crippen molar-refractivity contribution in [3.63, 3.8) is 0 Å². The number of piperidine rings is 1. The Hall–Kier alpha value is -2.83. The Kier molecular flexibility index (Phi) is 13.3.